The van der Waals surface area contributed by atoms with E-state index < -0.39 is 9.84 Å². The number of carbonyl (C=O) groups excluding carboxylic acids is 1. The van der Waals surface area contributed by atoms with Gasteiger partial charge in [0, 0.05) is 37.1 Å². The van der Waals surface area contributed by atoms with Crippen LogP contribution in [0.5, 0.6) is 0 Å². The van der Waals surface area contributed by atoms with Crippen LogP contribution in [0, 0.1) is 13.8 Å². The third-order valence-corrected chi connectivity index (χ3v) is 7.96. The Morgan fingerprint density at radius 3 is 2.48 bits per heavy atom. The Kier molecular flexibility index (Phi) is 5.75. The van der Waals surface area contributed by atoms with E-state index in [1.165, 1.54) is 11.1 Å². The molecule has 3 rings (SSSR count). The van der Waals surface area contributed by atoms with Crippen LogP contribution in [-0.4, -0.2) is 73.6 Å². The number of carbonyl (C=O) groups is 1. The molecule has 0 saturated carbocycles. The molecule has 2 heterocycles. The van der Waals surface area contributed by atoms with E-state index in [1.807, 2.05) is 4.90 Å². The Morgan fingerprint density at radius 1 is 1.16 bits per heavy atom. The maximum Gasteiger partial charge on any atom is 0.233 e. The highest BCUT2D eigenvalue weighted by atomic mass is 32.2. The average Bonchev–Trinajstić information content (AvgIpc) is 2.96. The molecule has 7 heteroatoms. The summed E-state index contributed by atoms with van der Waals surface area (Å²) >= 11 is 1.59. The van der Waals surface area contributed by atoms with Gasteiger partial charge < -0.3 is 4.90 Å². The topological polar surface area (TPSA) is 57.7 Å². The summed E-state index contributed by atoms with van der Waals surface area (Å²) in [4.78, 5) is 17.7. The third-order valence-electron chi connectivity index (χ3n) is 5.23. The van der Waals surface area contributed by atoms with Gasteiger partial charge in [-0.3, -0.25) is 9.69 Å². The van der Waals surface area contributed by atoms with Gasteiger partial charge in [-0.25, -0.2) is 8.42 Å². The zero-order valence-electron chi connectivity index (χ0n) is 14.9. The Bertz CT molecular complexity index is 741. The van der Waals surface area contributed by atoms with E-state index in [9.17, 15) is 13.2 Å². The van der Waals surface area contributed by atoms with E-state index in [1.54, 1.807) is 11.8 Å². The molecule has 0 N–H and O–H groups in total. The number of hydrogen-bond acceptors (Lipinski definition) is 5. The highest BCUT2D eigenvalue weighted by Gasteiger charge is 2.34. The van der Waals surface area contributed by atoms with Crippen molar-refractivity contribution in [1.82, 2.24) is 9.80 Å². The Balaban J connectivity index is 1.46. The molecule has 1 atom stereocenters. The number of sulfone groups is 1. The number of hydrogen-bond donors (Lipinski definition) is 0. The molecule has 2 aliphatic rings. The number of piperazine rings is 1. The van der Waals surface area contributed by atoms with E-state index >= 15 is 0 Å². The first-order valence-electron chi connectivity index (χ1n) is 8.76. The average molecular weight is 383 g/mol. The van der Waals surface area contributed by atoms with E-state index in [-0.39, 0.29) is 17.7 Å². The number of thioether (sulfide) groups is 1. The summed E-state index contributed by atoms with van der Waals surface area (Å²) in [5.74, 6) is 1.22. The molecule has 0 spiro atoms. The molecule has 0 aliphatic carbocycles. The fourth-order valence-corrected chi connectivity index (χ4v) is 6.10. The lowest BCUT2D eigenvalue weighted by Crippen LogP contribution is -2.52. The van der Waals surface area contributed by atoms with Crippen LogP contribution in [0.4, 0.5) is 0 Å². The summed E-state index contributed by atoms with van der Waals surface area (Å²) in [5.41, 5.74) is 2.51. The molecule has 2 aliphatic heterocycles. The second-order valence-corrected chi connectivity index (χ2v) is 10.3. The summed E-state index contributed by atoms with van der Waals surface area (Å²) in [6.45, 7) is 7.12. The van der Waals surface area contributed by atoms with Crippen molar-refractivity contribution in [2.45, 2.75) is 31.2 Å². The summed E-state index contributed by atoms with van der Waals surface area (Å²) in [7, 11) is -2.85. The number of rotatable bonds is 4. The molecule has 1 aromatic carbocycles. The molecule has 2 fully saturated rings. The summed E-state index contributed by atoms with van der Waals surface area (Å²) in [5, 5.41) is 0. The van der Waals surface area contributed by atoms with Gasteiger partial charge in [-0.2, -0.15) is 0 Å². The lowest BCUT2D eigenvalue weighted by atomic mass is 10.1. The van der Waals surface area contributed by atoms with Gasteiger partial charge in [-0.15, -0.1) is 11.8 Å². The highest BCUT2D eigenvalue weighted by molar-refractivity contribution is 8.00. The molecule has 25 heavy (non-hydrogen) atoms. The maximum absolute atomic E-state index is 12.4. The zero-order chi connectivity index (χ0) is 18.0. The number of benzene rings is 1. The molecule has 1 amide bonds. The van der Waals surface area contributed by atoms with Crippen molar-refractivity contribution >= 4 is 27.5 Å². The highest BCUT2D eigenvalue weighted by Crippen LogP contribution is 2.23. The third kappa shape index (κ3) is 4.77. The Labute approximate surface area is 154 Å². The number of nitrogens with zero attached hydrogens (tertiary/aromatic N) is 2. The molecule has 1 aromatic rings. The normalized spacial score (nSPS) is 23.8. The maximum atomic E-state index is 12.4. The fourth-order valence-electron chi connectivity index (χ4n) is 3.44. The summed E-state index contributed by atoms with van der Waals surface area (Å²) in [6, 6.07) is 6.44. The zero-order valence-corrected chi connectivity index (χ0v) is 16.5. The van der Waals surface area contributed by atoms with Crippen LogP contribution >= 0.6 is 11.8 Å². The lowest BCUT2D eigenvalue weighted by molar-refractivity contribution is -0.130. The van der Waals surface area contributed by atoms with Gasteiger partial charge in [-0.1, -0.05) is 6.07 Å². The van der Waals surface area contributed by atoms with Gasteiger partial charge in [0.1, 0.15) is 0 Å². The molecule has 2 saturated heterocycles. The van der Waals surface area contributed by atoms with E-state index in [4.69, 9.17) is 0 Å². The monoisotopic (exact) mass is 382 g/mol. The quantitative estimate of drug-likeness (QED) is 0.743. The minimum Gasteiger partial charge on any atom is -0.339 e. The van der Waals surface area contributed by atoms with E-state index in [0.29, 0.717) is 24.6 Å². The standard InChI is InChI=1S/C18H26N2O3S2/c1-14-3-4-17(11-15(14)2)24-12-18(21)20-8-6-19(7-9-20)16-5-10-25(22,23)13-16/h3-4,11,16H,5-10,12-13H2,1-2H3/t16-/m1/s1. The second kappa shape index (κ2) is 7.68. The van der Waals surface area contributed by atoms with Gasteiger partial charge in [0.15, 0.2) is 9.84 Å². The molecule has 0 aromatic heterocycles. The number of aryl methyl sites for hydroxylation is 2. The summed E-state index contributed by atoms with van der Waals surface area (Å²) in [6.07, 6.45) is 0.735. The van der Waals surface area contributed by atoms with Gasteiger partial charge in [-0.05, 0) is 43.5 Å². The van der Waals surface area contributed by atoms with Crippen molar-refractivity contribution < 1.29 is 13.2 Å². The molecular formula is C18H26N2O3S2. The van der Waals surface area contributed by atoms with Crippen molar-refractivity contribution in [3.8, 4) is 0 Å². The molecule has 0 bridgehead atoms. The Morgan fingerprint density at radius 2 is 1.88 bits per heavy atom. The number of amides is 1. The van der Waals surface area contributed by atoms with Crippen LogP contribution in [0.3, 0.4) is 0 Å². The van der Waals surface area contributed by atoms with Crippen LogP contribution in [0.15, 0.2) is 23.1 Å². The van der Waals surface area contributed by atoms with E-state index in [0.717, 1.165) is 24.4 Å². The molecule has 0 radical (unpaired) electrons. The molecule has 0 unspecified atom stereocenters. The first-order chi connectivity index (χ1) is 11.8. The first kappa shape index (κ1) is 18.7. The van der Waals surface area contributed by atoms with Crippen LogP contribution in [-0.2, 0) is 14.6 Å². The SMILES string of the molecule is Cc1ccc(SCC(=O)N2CCN([C@@H]3CCS(=O)(=O)C3)CC2)cc1C. The second-order valence-electron chi connectivity index (χ2n) is 7.01. The van der Waals surface area contributed by atoms with Gasteiger partial charge in [0.05, 0.1) is 17.3 Å². The minimum absolute atomic E-state index is 0.146. The minimum atomic E-state index is -2.85. The van der Waals surface area contributed by atoms with Crippen molar-refractivity contribution in [1.29, 1.82) is 0 Å². The van der Waals surface area contributed by atoms with Crippen molar-refractivity contribution in [3.05, 3.63) is 29.3 Å². The van der Waals surface area contributed by atoms with Crippen molar-refractivity contribution in [3.63, 3.8) is 0 Å². The predicted molar refractivity (Wildman–Crippen MR) is 102 cm³/mol. The smallest absolute Gasteiger partial charge is 0.233 e. The summed E-state index contributed by atoms with van der Waals surface area (Å²) < 4.78 is 23.3. The van der Waals surface area contributed by atoms with Gasteiger partial charge in [0.2, 0.25) is 5.91 Å². The van der Waals surface area contributed by atoms with Gasteiger partial charge >= 0.3 is 0 Å². The largest absolute Gasteiger partial charge is 0.339 e. The van der Waals surface area contributed by atoms with Crippen LogP contribution in [0.1, 0.15) is 17.5 Å². The first-order valence-corrected chi connectivity index (χ1v) is 11.6. The van der Waals surface area contributed by atoms with E-state index in [2.05, 4.69) is 36.9 Å². The van der Waals surface area contributed by atoms with Crippen LogP contribution in [0.2, 0.25) is 0 Å². The molecular weight excluding hydrogens is 356 g/mol. The Hall–Kier alpha value is -1.05. The lowest BCUT2D eigenvalue weighted by Gasteiger charge is -2.37. The molecule has 5 nitrogen and oxygen atoms in total. The van der Waals surface area contributed by atoms with Gasteiger partial charge in [0.25, 0.3) is 0 Å². The fraction of sp³-hybridized carbons (Fsp3) is 0.611. The van der Waals surface area contributed by atoms with Crippen LogP contribution in [0.25, 0.3) is 0 Å². The molecule has 138 valence electrons. The van der Waals surface area contributed by atoms with Crippen LogP contribution < -0.4 is 0 Å². The van der Waals surface area contributed by atoms with Crippen molar-refractivity contribution in [2.75, 3.05) is 43.4 Å². The van der Waals surface area contributed by atoms with Crippen molar-refractivity contribution in [2.24, 2.45) is 0 Å². The predicted octanol–water partition coefficient (Wildman–Crippen LogP) is 1.73.